The van der Waals surface area contributed by atoms with Gasteiger partial charge in [-0.1, -0.05) is 6.07 Å². The van der Waals surface area contributed by atoms with Gasteiger partial charge in [0.2, 0.25) is 0 Å². The molecule has 0 saturated carbocycles. The summed E-state index contributed by atoms with van der Waals surface area (Å²) in [5.41, 5.74) is 3.52. The molecule has 31 heavy (non-hydrogen) atoms. The first kappa shape index (κ1) is 19.8. The molecule has 5 heterocycles. The molecule has 3 aromatic rings. The maximum absolute atomic E-state index is 12.9. The van der Waals surface area contributed by atoms with Gasteiger partial charge < -0.3 is 9.88 Å². The van der Waals surface area contributed by atoms with Crippen molar-refractivity contribution in [2.24, 2.45) is 0 Å². The topological polar surface area (TPSA) is 88.8 Å². The molecular formula is C23H27N7O. The van der Waals surface area contributed by atoms with Gasteiger partial charge in [0, 0.05) is 37.8 Å². The van der Waals surface area contributed by atoms with Crippen molar-refractivity contribution in [3.63, 3.8) is 0 Å². The Bertz CT molecular complexity index is 1140. The Labute approximate surface area is 181 Å². The molecule has 3 aromatic heterocycles. The summed E-state index contributed by atoms with van der Waals surface area (Å²) >= 11 is 0. The lowest BCUT2D eigenvalue weighted by Crippen LogP contribution is -2.36. The molecule has 1 atom stereocenters. The zero-order valence-electron chi connectivity index (χ0n) is 18.2. The van der Waals surface area contributed by atoms with Crippen LogP contribution >= 0.6 is 0 Å². The summed E-state index contributed by atoms with van der Waals surface area (Å²) in [6.45, 7) is 8.43. The Morgan fingerprint density at radius 1 is 1.19 bits per heavy atom. The summed E-state index contributed by atoms with van der Waals surface area (Å²) in [4.78, 5) is 24.3. The number of pyridine rings is 2. The second-order valence-corrected chi connectivity index (χ2v) is 8.71. The molecule has 2 aliphatic heterocycles. The van der Waals surface area contributed by atoms with E-state index in [1.165, 1.54) is 11.1 Å². The van der Waals surface area contributed by atoms with E-state index in [4.69, 9.17) is 0 Å². The summed E-state index contributed by atoms with van der Waals surface area (Å²) in [5.74, 6) is 1.96. The third-order valence-corrected chi connectivity index (χ3v) is 6.30. The predicted molar refractivity (Wildman–Crippen MR) is 118 cm³/mol. The molecule has 0 unspecified atom stereocenters. The quantitative estimate of drug-likeness (QED) is 0.701. The van der Waals surface area contributed by atoms with Crippen LogP contribution in [0, 0.1) is 0 Å². The van der Waals surface area contributed by atoms with Gasteiger partial charge in [0.25, 0.3) is 5.91 Å². The van der Waals surface area contributed by atoms with Gasteiger partial charge in [-0.05, 0) is 62.9 Å². The molecule has 5 rings (SSSR count). The van der Waals surface area contributed by atoms with E-state index in [1.54, 1.807) is 6.07 Å². The van der Waals surface area contributed by atoms with Crippen molar-refractivity contribution in [1.82, 2.24) is 29.6 Å². The number of carbonyl (C=O) groups excluding carboxylic acids is 1. The molecule has 8 heteroatoms. The van der Waals surface area contributed by atoms with Crippen molar-refractivity contribution in [3.8, 4) is 11.5 Å². The normalized spacial score (nSPS) is 18.1. The molecule has 0 saturated heterocycles. The first-order valence-corrected chi connectivity index (χ1v) is 10.9. The summed E-state index contributed by atoms with van der Waals surface area (Å²) < 4.78 is 2.14. The van der Waals surface area contributed by atoms with Gasteiger partial charge in [0.15, 0.2) is 5.82 Å². The number of aryl methyl sites for hydroxylation is 1. The molecule has 0 bridgehead atoms. The molecule has 8 nitrogen and oxygen atoms in total. The number of nitrogens with zero attached hydrogens (tertiary/aromatic N) is 6. The molecule has 0 radical (unpaired) electrons. The summed E-state index contributed by atoms with van der Waals surface area (Å²) in [6.07, 6.45) is 4.80. The lowest BCUT2D eigenvalue weighted by molar-refractivity contribution is 0.102. The number of fused-ring (bicyclic) bond motifs is 2. The van der Waals surface area contributed by atoms with Gasteiger partial charge in [0.1, 0.15) is 23.0 Å². The molecule has 2 aliphatic rings. The highest BCUT2D eigenvalue weighted by Crippen LogP contribution is 2.30. The average Bonchev–Trinajstić information content (AvgIpc) is 3.36. The van der Waals surface area contributed by atoms with E-state index in [0.29, 0.717) is 29.3 Å². The summed E-state index contributed by atoms with van der Waals surface area (Å²) in [5, 5.41) is 11.5. The van der Waals surface area contributed by atoms with Crippen molar-refractivity contribution >= 4 is 11.7 Å². The van der Waals surface area contributed by atoms with Crippen LogP contribution in [0.1, 0.15) is 60.7 Å². The van der Waals surface area contributed by atoms with E-state index in [0.717, 1.165) is 44.0 Å². The molecule has 160 valence electrons. The van der Waals surface area contributed by atoms with E-state index < -0.39 is 0 Å². The zero-order valence-corrected chi connectivity index (χ0v) is 18.2. The largest absolute Gasteiger partial charge is 0.307 e. The van der Waals surface area contributed by atoms with Crippen LogP contribution in [0.25, 0.3) is 11.5 Å². The van der Waals surface area contributed by atoms with Gasteiger partial charge in [-0.25, -0.2) is 4.98 Å². The third-order valence-electron chi connectivity index (χ3n) is 6.30. The maximum atomic E-state index is 12.9. The van der Waals surface area contributed by atoms with Crippen LogP contribution in [0.3, 0.4) is 0 Å². The number of nitrogens with one attached hydrogen (secondary N) is 1. The zero-order chi connectivity index (χ0) is 21.5. The van der Waals surface area contributed by atoms with Gasteiger partial charge in [-0.3, -0.25) is 14.7 Å². The van der Waals surface area contributed by atoms with Gasteiger partial charge in [0.05, 0.1) is 0 Å². The fraction of sp³-hybridized carbons (Fsp3) is 0.435. The molecule has 0 fully saturated rings. The molecule has 0 aliphatic carbocycles. The van der Waals surface area contributed by atoms with Gasteiger partial charge in [-0.2, -0.15) is 0 Å². The number of rotatable bonds is 4. The molecular weight excluding hydrogens is 390 g/mol. The summed E-state index contributed by atoms with van der Waals surface area (Å²) in [6, 6.07) is 8.30. The number of amides is 1. The van der Waals surface area contributed by atoms with Crippen molar-refractivity contribution in [1.29, 1.82) is 0 Å². The maximum Gasteiger partial charge on any atom is 0.275 e. The Kier molecular flexibility index (Phi) is 5.02. The predicted octanol–water partition coefficient (Wildman–Crippen LogP) is 3.26. The monoisotopic (exact) mass is 417 g/mol. The van der Waals surface area contributed by atoms with E-state index in [9.17, 15) is 4.79 Å². The second-order valence-electron chi connectivity index (χ2n) is 8.71. The molecule has 0 aromatic carbocycles. The van der Waals surface area contributed by atoms with E-state index in [-0.39, 0.29) is 5.91 Å². The van der Waals surface area contributed by atoms with Gasteiger partial charge in [-0.15, -0.1) is 10.2 Å². The van der Waals surface area contributed by atoms with E-state index in [1.807, 2.05) is 24.4 Å². The minimum absolute atomic E-state index is 0.256. The van der Waals surface area contributed by atoms with Crippen LogP contribution in [0.15, 0.2) is 30.5 Å². The minimum Gasteiger partial charge on any atom is -0.307 e. The second kappa shape index (κ2) is 7.85. The highest BCUT2D eigenvalue weighted by Gasteiger charge is 2.25. The van der Waals surface area contributed by atoms with Crippen LogP contribution in [0.5, 0.6) is 0 Å². The fourth-order valence-corrected chi connectivity index (χ4v) is 4.43. The van der Waals surface area contributed by atoms with Crippen molar-refractivity contribution in [3.05, 3.63) is 53.1 Å². The van der Waals surface area contributed by atoms with Crippen LogP contribution in [0.4, 0.5) is 5.82 Å². The molecule has 1 N–H and O–H groups in total. The number of aromatic nitrogens is 5. The van der Waals surface area contributed by atoms with E-state index in [2.05, 4.69) is 55.7 Å². The van der Waals surface area contributed by atoms with Gasteiger partial charge >= 0.3 is 0 Å². The number of carbonyl (C=O) groups is 1. The van der Waals surface area contributed by atoms with E-state index >= 15 is 0 Å². The minimum atomic E-state index is -0.256. The average molecular weight is 418 g/mol. The Hall–Kier alpha value is -3.13. The SMILES string of the molecule is CC(C)N1CCc2cnc(C(=O)Nc3cccc(-c4nnc5n4[C@@H](C)CC5)n3)cc2C1. The Morgan fingerprint density at radius 2 is 2.06 bits per heavy atom. The lowest BCUT2D eigenvalue weighted by atomic mass is 10.00. The first-order valence-electron chi connectivity index (χ1n) is 10.9. The van der Waals surface area contributed by atoms with Crippen molar-refractivity contribution in [2.75, 3.05) is 11.9 Å². The van der Waals surface area contributed by atoms with Crippen molar-refractivity contribution in [2.45, 2.75) is 58.7 Å². The Balaban J connectivity index is 1.36. The third kappa shape index (κ3) is 3.72. The lowest BCUT2D eigenvalue weighted by Gasteiger charge is -2.31. The first-order chi connectivity index (χ1) is 15.0. The highest BCUT2D eigenvalue weighted by molar-refractivity contribution is 6.02. The fourth-order valence-electron chi connectivity index (χ4n) is 4.43. The smallest absolute Gasteiger partial charge is 0.275 e. The van der Waals surface area contributed by atoms with Crippen LogP contribution in [-0.2, 0) is 19.4 Å². The Morgan fingerprint density at radius 3 is 2.90 bits per heavy atom. The molecule has 0 spiro atoms. The number of anilines is 1. The number of hydrogen-bond donors (Lipinski definition) is 1. The standard InChI is InChI=1S/C23H27N7O/c1-14(2)29-10-9-16-12-24-19(11-17(16)13-29)23(31)26-20-6-4-5-18(25-20)22-28-27-21-8-7-15(3)30(21)22/h4-6,11-12,14-15H,7-10,13H2,1-3H3,(H,25,26,31)/t15-/m0/s1. The van der Waals surface area contributed by atoms with Crippen LogP contribution in [-0.4, -0.2) is 48.1 Å². The summed E-state index contributed by atoms with van der Waals surface area (Å²) in [7, 11) is 0. The highest BCUT2D eigenvalue weighted by atomic mass is 16.1. The number of hydrogen-bond acceptors (Lipinski definition) is 6. The van der Waals surface area contributed by atoms with Crippen LogP contribution < -0.4 is 5.32 Å². The van der Waals surface area contributed by atoms with Crippen LogP contribution in [0.2, 0.25) is 0 Å². The van der Waals surface area contributed by atoms with Crippen molar-refractivity contribution < 1.29 is 4.79 Å². The molecule has 1 amide bonds.